The van der Waals surface area contributed by atoms with Crippen LogP contribution in [0.15, 0.2) is 12.3 Å². The molecule has 2 rings (SSSR count). The minimum Gasteiger partial charge on any atom is -0.397 e. The van der Waals surface area contributed by atoms with Crippen LogP contribution in [0.4, 0.5) is 5.69 Å². The predicted molar refractivity (Wildman–Crippen MR) is 82.8 cm³/mol. The van der Waals surface area contributed by atoms with E-state index in [0.717, 1.165) is 5.39 Å². The van der Waals surface area contributed by atoms with E-state index in [9.17, 15) is 4.79 Å². The number of nitrogens with one attached hydrogen (secondary N) is 1. The Hall–Kier alpha value is -1.69. The lowest BCUT2D eigenvalue weighted by Crippen LogP contribution is -2.33. The molecule has 0 saturated carbocycles. The molecule has 0 aliphatic rings. The molecule has 0 saturated heterocycles. The molecule has 0 fully saturated rings. The smallest absolute Gasteiger partial charge is 0.263 e. The zero-order valence-corrected chi connectivity index (χ0v) is 13.0. The highest BCUT2D eigenvalue weighted by Crippen LogP contribution is 2.31. The summed E-state index contributed by atoms with van der Waals surface area (Å²) in [6.07, 6.45) is 1.58. The Bertz CT molecular complexity index is 630. The number of hydrogen-bond acceptors (Lipinski definition) is 5. The highest BCUT2D eigenvalue weighted by atomic mass is 32.1. The zero-order chi connectivity index (χ0) is 14.9. The topological polar surface area (TPSA) is 80.9 Å². The van der Waals surface area contributed by atoms with Crippen molar-refractivity contribution in [3.05, 3.63) is 17.1 Å². The lowest BCUT2D eigenvalue weighted by molar-refractivity contribution is 0.0942. The molecule has 2 heterocycles. The van der Waals surface area contributed by atoms with Gasteiger partial charge in [-0.15, -0.1) is 16.4 Å². The number of carbonyl (C=O) groups excluding carboxylic acids is 1. The van der Waals surface area contributed by atoms with Gasteiger partial charge < -0.3 is 11.1 Å². The van der Waals surface area contributed by atoms with Crippen molar-refractivity contribution in [1.29, 1.82) is 0 Å². The van der Waals surface area contributed by atoms with Crippen LogP contribution in [0.3, 0.4) is 0 Å². The number of carbonyl (C=O) groups is 1. The number of fused-ring (bicyclic) bond motifs is 1. The normalized spacial score (nSPS) is 13.4. The highest BCUT2D eigenvalue weighted by Gasteiger charge is 2.22. The van der Waals surface area contributed by atoms with E-state index in [4.69, 9.17) is 5.73 Å². The number of rotatable bonds is 3. The van der Waals surface area contributed by atoms with Crippen molar-refractivity contribution in [3.63, 3.8) is 0 Å². The molecular weight excluding hydrogens is 272 g/mol. The number of hydrogen-bond donors (Lipinski definition) is 2. The van der Waals surface area contributed by atoms with Crippen molar-refractivity contribution in [2.24, 2.45) is 11.3 Å². The Morgan fingerprint density at radius 2 is 2.20 bits per heavy atom. The van der Waals surface area contributed by atoms with Crippen molar-refractivity contribution in [2.75, 3.05) is 12.3 Å². The number of nitrogen functional groups attached to an aromatic ring is 1. The van der Waals surface area contributed by atoms with Crippen LogP contribution in [0.5, 0.6) is 0 Å². The average molecular weight is 292 g/mol. The van der Waals surface area contributed by atoms with Crippen LogP contribution < -0.4 is 11.1 Å². The van der Waals surface area contributed by atoms with E-state index in [0.29, 0.717) is 27.9 Å². The van der Waals surface area contributed by atoms with E-state index in [1.807, 2.05) is 0 Å². The molecule has 0 aliphatic heterocycles. The van der Waals surface area contributed by atoms with Gasteiger partial charge >= 0.3 is 0 Å². The fourth-order valence-electron chi connectivity index (χ4n) is 1.67. The molecule has 2 aromatic heterocycles. The first-order valence-electron chi connectivity index (χ1n) is 6.58. The SMILES string of the molecule is CC(CNC(=O)c1sc2nnccc2c1N)C(C)(C)C. The summed E-state index contributed by atoms with van der Waals surface area (Å²) < 4.78 is 0. The van der Waals surface area contributed by atoms with Crippen LogP contribution in [-0.2, 0) is 0 Å². The predicted octanol–water partition coefficient (Wildman–Crippen LogP) is 2.69. The van der Waals surface area contributed by atoms with Crippen LogP contribution in [-0.4, -0.2) is 22.6 Å². The molecule has 1 amide bonds. The molecule has 0 bridgehead atoms. The second-order valence-electron chi connectivity index (χ2n) is 6.07. The molecule has 5 nitrogen and oxygen atoms in total. The van der Waals surface area contributed by atoms with Gasteiger partial charge in [0, 0.05) is 11.9 Å². The monoisotopic (exact) mass is 292 g/mol. The summed E-state index contributed by atoms with van der Waals surface area (Å²) >= 11 is 1.28. The second kappa shape index (κ2) is 5.36. The Morgan fingerprint density at radius 1 is 1.50 bits per heavy atom. The van der Waals surface area contributed by atoms with Crippen molar-refractivity contribution in [3.8, 4) is 0 Å². The summed E-state index contributed by atoms with van der Waals surface area (Å²) in [6.45, 7) is 9.23. The molecule has 2 aromatic rings. The summed E-state index contributed by atoms with van der Waals surface area (Å²) in [5.41, 5.74) is 6.66. The van der Waals surface area contributed by atoms with Gasteiger partial charge in [0.25, 0.3) is 5.91 Å². The summed E-state index contributed by atoms with van der Waals surface area (Å²) in [7, 11) is 0. The highest BCUT2D eigenvalue weighted by molar-refractivity contribution is 7.21. The molecule has 0 aliphatic carbocycles. The minimum absolute atomic E-state index is 0.137. The maximum atomic E-state index is 12.2. The van der Waals surface area contributed by atoms with Gasteiger partial charge in [0.15, 0.2) is 0 Å². The van der Waals surface area contributed by atoms with Crippen LogP contribution in [0.25, 0.3) is 10.2 Å². The van der Waals surface area contributed by atoms with Crippen LogP contribution in [0, 0.1) is 11.3 Å². The Kier molecular flexibility index (Phi) is 3.94. The Morgan fingerprint density at radius 3 is 2.80 bits per heavy atom. The van der Waals surface area contributed by atoms with Gasteiger partial charge in [-0.2, -0.15) is 5.10 Å². The number of anilines is 1. The molecular formula is C14H20N4OS. The van der Waals surface area contributed by atoms with Crippen molar-refractivity contribution < 1.29 is 4.79 Å². The van der Waals surface area contributed by atoms with E-state index in [-0.39, 0.29) is 11.3 Å². The third-order valence-electron chi connectivity index (χ3n) is 3.67. The molecule has 3 N–H and O–H groups in total. The average Bonchev–Trinajstić information content (AvgIpc) is 2.72. The third-order valence-corrected chi connectivity index (χ3v) is 4.78. The van der Waals surface area contributed by atoms with E-state index in [2.05, 4.69) is 43.2 Å². The molecule has 20 heavy (non-hydrogen) atoms. The van der Waals surface area contributed by atoms with E-state index in [1.165, 1.54) is 11.3 Å². The van der Waals surface area contributed by atoms with E-state index in [1.54, 1.807) is 12.3 Å². The van der Waals surface area contributed by atoms with Gasteiger partial charge in [0.1, 0.15) is 9.71 Å². The van der Waals surface area contributed by atoms with Crippen LogP contribution >= 0.6 is 11.3 Å². The summed E-state index contributed by atoms with van der Waals surface area (Å²) in [5, 5.41) is 11.5. The first-order chi connectivity index (χ1) is 9.30. The number of nitrogens with zero attached hydrogens (tertiary/aromatic N) is 2. The fraction of sp³-hybridized carbons (Fsp3) is 0.500. The third kappa shape index (κ3) is 2.90. The summed E-state index contributed by atoms with van der Waals surface area (Å²) in [4.78, 5) is 13.4. The zero-order valence-electron chi connectivity index (χ0n) is 12.2. The molecule has 6 heteroatoms. The minimum atomic E-state index is -0.137. The van der Waals surface area contributed by atoms with Gasteiger partial charge in [0.2, 0.25) is 0 Å². The number of nitrogens with two attached hydrogens (primary N) is 1. The molecule has 1 atom stereocenters. The largest absolute Gasteiger partial charge is 0.397 e. The van der Waals surface area contributed by atoms with Gasteiger partial charge in [-0.1, -0.05) is 27.7 Å². The lowest BCUT2D eigenvalue weighted by Gasteiger charge is -2.27. The van der Waals surface area contributed by atoms with Gasteiger partial charge in [-0.25, -0.2) is 0 Å². The maximum Gasteiger partial charge on any atom is 0.263 e. The Balaban J connectivity index is 2.14. The van der Waals surface area contributed by atoms with Crippen LogP contribution in [0.2, 0.25) is 0 Å². The van der Waals surface area contributed by atoms with Crippen molar-refractivity contribution in [1.82, 2.24) is 15.5 Å². The first kappa shape index (κ1) is 14.7. The van der Waals surface area contributed by atoms with Gasteiger partial charge in [0.05, 0.1) is 11.9 Å². The summed E-state index contributed by atoms with van der Waals surface area (Å²) in [5.74, 6) is 0.239. The number of amides is 1. The number of thiophene rings is 1. The second-order valence-corrected chi connectivity index (χ2v) is 7.07. The van der Waals surface area contributed by atoms with Gasteiger partial charge in [-0.05, 0) is 17.4 Å². The maximum absolute atomic E-state index is 12.2. The van der Waals surface area contributed by atoms with E-state index < -0.39 is 0 Å². The molecule has 0 spiro atoms. The molecule has 1 unspecified atom stereocenters. The Labute approximate surface area is 122 Å². The standard InChI is InChI=1S/C14H20N4OS/c1-8(14(2,3)4)7-16-12(19)11-10(15)9-5-6-17-18-13(9)20-11/h5-6,8H,7,15H2,1-4H3,(H,16,19). The molecule has 108 valence electrons. The van der Waals surface area contributed by atoms with Crippen molar-refractivity contribution >= 4 is 33.1 Å². The fourth-order valence-corrected chi connectivity index (χ4v) is 2.63. The van der Waals surface area contributed by atoms with Crippen molar-refractivity contribution in [2.45, 2.75) is 27.7 Å². The quantitative estimate of drug-likeness (QED) is 0.911. The summed E-state index contributed by atoms with van der Waals surface area (Å²) in [6, 6.07) is 1.78. The van der Waals surface area contributed by atoms with E-state index >= 15 is 0 Å². The van der Waals surface area contributed by atoms with Gasteiger partial charge in [-0.3, -0.25) is 4.79 Å². The first-order valence-corrected chi connectivity index (χ1v) is 7.40. The molecule has 0 aromatic carbocycles. The number of aromatic nitrogens is 2. The lowest BCUT2D eigenvalue weighted by atomic mass is 9.82. The van der Waals surface area contributed by atoms with Crippen LogP contribution in [0.1, 0.15) is 37.4 Å². The molecule has 0 radical (unpaired) electrons.